The van der Waals surface area contributed by atoms with Crippen molar-refractivity contribution in [3.05, 3.63) is 47.2 Å². The summed E-state index contributed by atoms with van der Waals surface area (Å²) in [5.74, 6) is 1.39. The van der Waals surface area contributed by atoms with Crippen LogP contribution in [0.25, 0.3) is 0 Å². The lowest BCUT2D eigenvalue weighted by molar-refractivity contribution is 0.0344. The summed E-state index contributed by atoms with van der Waals surface area (Å²) in [4.78, 5) is 4.99. The molecule has 0 bridgehead atoms. The zero-order valence-electron chi connectivity index (χ0n) is 14.9. The summed E-state index contributed by atoms with van der Waals surface area (Å²) in [7, 11) is 0. The molecule has 0 saturated carbocycles. The van der Waals surface area contributed by atoms with Gasteiger partial charge in [-0.25, -0.2) is 0 Å². The van der Waals surface area contributed by atoms with Gasteiger partial charge in [0.2, 0.25) is 11.8 Å². The first-order valence-corrected chi connectivity index (χ1v) is 9.20. The zero-order valence-corrected chi connectivity index (χ0v) is 14.9. The maximum atomic E-state index is 5.77. The van der Waals surface area contributed by atoms with Crippen LogP contribution in [0.1, 0.15) is 35.4 Å². The summed E-state index contributed by atoms with van der Waals surface area (Å²) >= 11 is 0. The number of rotatable bonds is 5. The second-order valence-electron chi connectivity index (χ2n) is 6.93. The molecule has 0 radical (unpaired) electrons. The Bertz CT molecular complexity index is 696. The fourth-order valence-electron chi connectivity index (χ4n) is 3.82. The molecule has 0 amide bonds. The monoisotopic (exact) mass is 342 g/mol. The van der Waals surface area contributed by atoms with Gasteiger partial charge < -0.3 is 9.15 Å². The average molecular weight is 342 g/mol. The number of aryl methyl sites for hydroxylation is 1. The second-order valence-corrected chi connectivity index (χ2v) is 6.93. The molecule has 0 N–H and O–H groups in total. The molecule has 2 aromatic rings. The fourth-order valence-corrected chi connectivity index (χ4v) is 3.82. The van der Waals surface area contributed by atoms with Crippen LogP contribution in [0.15, 0.2) is 28.7 Å². The molecule has 1 aromatic heterocycles. The third kappa shape index (κ3) is 3.92. The smallest absolute Gasteiger partial charge is 0.233 e. The van der Waals surface area contributed by atoms with Crippen LogP contribution >= 0.6 is 0 Å². The normalized spacial score (nSPS) is 22.0. The van der Waals surface area contributed by atoms with Crippen molar-refractivity contribution in [3.63, 3.8) is 0 Å². The van der Waals surface area contributed by atoms with Gasteiger partial charge in [0.25, 0.3) is 0 Å². The highest BCUT2D eigenvalue weighted by Crippen LogP contribution is 2.32. The van der Waals surface area contributed by atoms with E-state index in [9.17, 15) is 0 Å². The lowest BCUT2D eigenvalue weighted by atomic mass is 9.93. The molecule has 1 aromatic carbocycles. The predicted molar refractivity (Wildman–Crippen MR) is 94.2 cm³/mol. The minimum Gasteiger partial charge on any atom is -0.424 e. The van der Waals surface area contributed by atoms with Crippen molar-refractivity contribution in [2.75, 3.05) is 39.4 Å². The molecule has 1 atom stereocenters. The first-order valence-electron chi connectivity index (χ1n) is 9.20. The molecule has 1 saturated heterocycles. The molecule has 4 rings (SSSR count). The Morgan fingerprint density at radius 2 is 1.88 bits per heavy atom. The van der Waals surface area contributed by atoms with E-state index in [4.69, 9.17) is 9.15 Å². The molecule has 0 spiro atoms. The van der Waals surface area contributed by atoms with Crippen LogP contribution < -0.4 is 0 Å². The first-order chi connectivity index (χ1) is 12.3. The van der Waals surface area contributed by atoms with Crippen LogP contribution in [-0.4, -0.2) is 59.4 Å². The maximum absolute atomic E-state index is 5.77. The second kappa shape index (κ2) is 7.64. The Morgan fingerprint density at radius 1 is 1.08 bits per heavy atom. The first kappa shape index (κ1) is 16.7. The van der Waals surface area contributed by atoms with Gasteiger partial charge in [-0.15, -0.1) is 10.2 Å². The molecular formula is C19H26N4O2. The van der Waals surface area contributed by atoms with E-state index in [1.165, 1.54) is 11.1 Å². The standard InChI is InChI=1S/C19H26N4O2/c1-15-20-21-19(25-15)18-13-16-5-2-3-6-17(16)14-23(18)8-4-7-22-9-11-24-12-10-22/h2-3,5-6,18H,4,7-14H2,1H3. The van der Waals surface area contributed by atoms with E-state index in [1.807, 2.05) is 6.92 Å². The summed E-state index contributed by atoms with van der Waals surface area (Å²) in [5.41, 5.74) is 2.81. The van der Waals surface area contributed by atoms with E-state index in [0.29, 0.717) is 5.89 Å². The summed E-state index contributed by atoms with van der Waals surface area (Å²) in [6.07, 6.45) is 2.08. The van der Waals surface area contributed by atoms with Crippen molar-refractivity contribution < 1.29 is 9.15 Å². The molecule has 6 heteroatoms. The topological polar surface area (TPSA) is 54.6 Å². The van der Waals surface area contributed by atoms with Crippen molar-refractivity contribution in [1.29, 1.82) is 0 Å². The summed E-state index contributed by atoms with van der Waals surface area (Å²) < 4.78 is 11.2. The Morgan fingerprint density at radius 3 is 2.64 bits per heavy atom. The van der Waals surface area contributed by atoms with Gasteiger partial charge in [0.05, 0.1) is 19.3 Å². The number of benzene rings is 1. The van der Waals surface area contributed by atoms with Crippen LogP contribution in [0.3, 0.4) is 0 Å². The van der Waals surface area contributed by atoms with Gasteiger partial charge >= 0.3 is 0 Å². The van der Waals surface area contributed by atoms with Crippen molar-refractivity contribution >= 4 is 0 Å². The van der Waals surface area contributed by atoms with Gasteiger partial charge in [0.15, 0.2) is 0 Å². The molecule has 0 aliphatic carbocycles. The molecule has 1 fully saturated rings. The molecule has 2 aliphatic rings. The van der Waals surface area contributed by atoms with Gasteiger partial charge in [0.1, 0.15) is 0 Å². The molecule has 1 unspecified atom stereocenters. The molecule has 134 valence electrons. The maximum Gasteiger partial charge on any atom is 0.233 e. The van der Waals surface area contributed by atoms with Crippen LogP contribution in [-0.2, 0) is 17.7 Å². The van der Waals surface area contributed by atoms with Gasteiger partial charge in [0, 0.05) is 33.1 Å². The lowest BCUT2D eigenvalue weighted by Crippen LogP contribution is -2.39. The fraction of sp³-hybridized carbons (Fsp3) is 0.579. The summed E-state index contributed by atoms with van der Waals surface area (Å²) in [5, 5.41) is 8.35. The number of aromatic nitrogens is 2. The van der Waals surface area contributed by atoms with Gasteiger partial charge in [-0.1, -0.05) is 24.3 Å². The SMILES string of the molecule is Cc1nnc(C2Cc3ccccc3CN2CCCN2CCOCC2)o1. The number of ether oxygens (including phenoxy) is 1. The summed E-state index contributed by atoms with van der Waals surface area (Å²) in [6, 6.07) is 8.88. The van der Waals surface area contributed by atoms with Crippen LogP contribution in [0.2, 0.25) is 0 Å². The largest absolute Gasteiger partial charge is 0.424 e. The zero-order chi connectivity index (χ0) is 17.1. The number of hydrogen-bond acceptors (Lipinski definition) is 6. The van der Waals surface area contributed by atoms with Gasteiger partial charge in [-0.2, -0.15) is 0 Å². The van der Waals surface area contributed by atoms with E-state index >= 15 is 0 Å². The van der Waals surface area contributed by atoms with E-state index < -0.39 is 0 Å². The number of hydrogen-bond donors (Lipinski definition) is 0. The summed E-state index contributed by atoms with van der Waals surface area (Å²) in [6.45, 7) is 8.79. The van der Waals surface area contributed by atoms with E-state index in [0.717, 1.165) is 64.7 Å². The Labute approximate surface area is 148 Å². The average Bonchev–Trinajstić information content (AvgIpc) is 3.08. The molecule has 3 heterocycles. The molecule has 25 heavy (non-hydrogen) atoms. The predicted octanol–water partition coefficient (Wildman–Crippen LogP) is 2.20. The lowest BCUT2D eigenvalue weighted by Gasteiger charge is -2.35. The van der Waals surface area contributed by atoms with E-state index in [-0.39, 0.29) is 6.04 Å². The van der Waals surface area contributed by atoms with Crippen molar-refractivity contribution in [3.8, 4) is 0 Å². The van der Waals surface area contributed by atoms with E-state index in [2.05, 4.69) is 44.3 Å². The van der Waals surface area contributed by atoms with Crippen molar-refractivity contribution in [2.24, 2.45) is 0 Å². The molecular weight excluding hydrogens is 316 g/mol. The van der Waals surface area contributed by atoms with Crippen molar-refractivity contribution in [2.45, 2.75) is 32.4 Å². The van der Waals surface area contributed by atoms with Gasteiger partial charge in [-0.3, -0.25) is 9.80 Å². The Balaban J connectivity index is 1.45. The van der Waals surface area contributed by atoms with Crippen LogP contribution in [0, 0.1) is 6.92 Å². The van der Waals surface area contributed by atoms with Gasteiger partial charge in [-0.05, 0) is 30.5 Å². The third-order valence-electron chi connectivity index (χ3n) is 5.20. The highest BCUT2D eigenvalue weighted by atomic mass is 16.5. The number of morpholine rings is 1. The minimum absolute atomic E-state index is 0.181. The Hall–Kier alpha value is -1.76. The minimum atomic E-state index is 0.181. The van der Waals surface area contributed by atoms with Crippen LogP contribution in [0.4, 0.5) is 0 Å². The molecule has 2 aliphatic heterocycles. The Kier molecular flexibility index (Phi) is 5.10. The third-order valence-corrected chi connectivity index (χ3v) is 5.20. The van der Waals surface area contributed by atoms with E-state index in [1.54, 1.807) is 0 Å². The number of nitrogens with zero attached hydrogens (tertiary/aromatic N) is 4. The number of fused-ring (bicyclic) bond motifs is 1. The van der Waals surface area contributed by atoms with Crippen molar-refractivity contribution in [1.82, 2.24) is 20.0 Å². The highest BCUT2D eigenvalue weighted by Gasteiger charge is 2.30. The molecule has 6 nitrogen and oxygen atoms in total. The van der Waals surface area contributed by atoms with Crippen LogP contribution in [0.5, 0.6) is 0 Å². The quantitative estimate of drug-likeness (QED) is 0.830. The highest BCUT2D eigenvalue weighted by molar-refractivity contribution is 5.30.